The van der Waals surface area contributed by atoms with Gasteiger partial charge in [-0.3, -0.25) is 0 Å². The highest BCUT2D eigenvalue weighted by Gasteiger charge is 2.39. The Labute approximate surface area is 157 Å². The summed E-state index contributed by atoms with van der Waals surface area (Å²) in [6, 6.07) is 10.3. The van der Waals surface area contributed by atoms with Crippen molar-refractivity contribution in [2.75, 3.05) is 34.5 Å². The molecule has 2 unspecified atom stereocenters. The molecule has 2 aromatic carbocycles. The second-order valence-electron chi connectivity index (χ2n) is 5.97. The fourth-order valence-corrected chi connectivity index (χ4v) is 2.98. The molecule has 7 heteroatoms. The molecule has 0 saturated carbocycles. The Morgan fingerprint density at radius 2 is 1.78 bits per heavy atom. The molecule has 2 aromatic rings. The van der Waals surface area contributed by atoms with Crippen LogP contribution in [0.3, 0.4) is 0 Å². The predicted molar refractivity (Wildman–Crippen MR) is 96.5 cm³/mol. The molecular weight excluding hydrogens is 352 g/mol. The lowest BCUT2D eigenvalue weighted by atomic mass is 9.96. The minimum Gasteiger partial charge on any atom is -0.497 e. The number of hydrogen-bond donors (Lipinski definition) is 1. The topological polar surface area (TPSA) is 83.5 Å². The van der Waals surface area contributed by atoms with Crippen molar-refractivity contribution in [1.29, 1.82) is 0 Å². The molecular formula is C20H22O7. The van der Waals surface area contributed by atoms with Crippen LogP contribution in [0.5, 0.6) is 17.2 Å². The molecule has 0 radical (unpaired) electrons. The summed E-state index contributed by atoms with van der Waals surface area (Å²) < 4.78 is 26.4. The van der Waals surface area contributed by atoms with Gasteiger partial charge in [0.1, 0.15) is 35.5 Å². The average Bonchev–Trinajstić information content (AvgIpc) is 3.04. The highest BCUT2D eigenvalue weighted by molar-refractivity contribution is 5.97. The van der Waals surface area contributed by atoms with E-state index in [4.69, 9.17) is 23.7 Å². The van der Waals surface area contributed by atoms with E-state index in [9.17, 15) is 9.90 Å². The minimum absolute atomic E-state index is 0.307. The van der Waals surface area contributed by atoms with E-state index in [1.165, 1.54) is 14.2 Å². The van der Waals surface area contributed by atoms with Crippen molar-refractivity contribution < 1.29 is 33.6 Å². The maximum Gasteiger partial charge on any atom is 0.343 e. The van der Waals surface area contributed by atoms with Crippen molar-refractivity contribution in [3.05, 3.63) is 53.1 Å². The van der Waals surface area contributed by atoms with E-state index < -0.39 is 18.2 Å². The van der Waals surface area contributed by atoms with Gasteiger partial charge < -0.3 is 28.8 Å². The molecule has 0 fully saturated rings. The first-order valence-electron chi connectivity index (χ1n) is 8.45. The van der Waals surface area contributed by atoms with E-state index in [1.807, 2.05) is 0 Å². The van der Waals surface area contributed by atoms with Gasteiger partial charge in [0.25, 0.3) is 0 Å². The zero-order valence-corrected chi connectivity index (χ0v) is 15.4. The van der Waals surface area contributed by atoms with Crippen molar-refractivity contribution in [2.24, 2.45) is 0 Å². The Kier molecular flexibility index (Phi) is 5.83. The van der Waals surface area contributed by atoms with E-state index in [0.717, 1.165) is 0 Å². The van der Waals surface area contributed by atoms with Gasteiger partial charge in [0.15, 0.2) is 6.10 Å². The van der Waals surface area contributed by atoms with E-state index in [1.54, 1.807) is 43.5 Å². The second-order valence-corrected chi connectivity index (χ2v) is 5.97. The van der Waals surface area contributed by atoms with Crippen LogP contribution in [0.25, 0.3) is 0 Å². The quantitative estimate of drug-likeness (QED) is 0.562. The third-order valence-electron chi connectivity index (χ3n) is 4.37. The highest BCUT2D eigenvalue weighted by Crippen LogP contribution is 2.45. The van der Waals surface area contributed by atoms with Gasteiger partial charge >= 0.3 is 5.97 Å². The number of cyclic esters (lactones) is 1. The van der Waals surface area contributed by atoms with Crippen LogP contribution in [0.1, 0.15) is 33.7 Å². The lowest BCUT2D eigenvalue weighted by molar-refractivity contribution is -0.0103. The number of benzene rings is 2. The molecule has 1 aliphatic heterocycles. The molecule has 1 N–H and O–H groups in total. The van der Waals surface area contributed by atoms with E-state index in [-0.39, 0.29) is 0 Å². The van der Waals surface area contributed by atoms with Crippen molar-refractivity contribution in [1.82, 2.24) is 0 Å². The summed E-state index contributed by atoms with van der Waals surface area (Å²) in [5, 5.41) is 10.8. The zero-order chi connectivity index (χ0) is 19.4. The SMILES string of the molecule is COCCOc1ccc(C(O)C2OC(=O)c3c(OC)cc(OC)cc32)cc1. The van der Waals surface area contributed by atoms with Crippen LogP contribution in [-0.2, 0) is 9.47 Å². The van der Waals surface area contributed by atoms with Crippen molar-refractivity contribution in [3.8, 4) is 17.2 Å². The first kappa shape index (κ1) is 19.0. The van der Waals surface area contributed by atoms with E-state index in [0.29, 0.717) is 47.2 Å². The molecule has 1 heterocycles. The molecule has 0 aliphatic carbocycles. The van der Waals surface area contributed by atoms with Crippen molar-refractivity contribution in [2.45, 2.75) is 12.2 Å². The van der Waals surface area contributed by atoms with Crippen LogP contribution in [0.4, 0.5) is 0 Å². The molecule has 1 aliphatic rings. The summed E-state index contributed by atoms with van der Waals surface area (Å²) in [5.74, 6) is 0.997. The van der Waals surface area contributed by atoms with E-state index >= 15 is 0 Å². The number of esters is 1. The maximum atomic E-state index is 12.3. The normalized spacial score (nSPS) is 16.4. The number of methoxy groups -OCH3 is 3. The summed E-state index contributed by atoms with van der Waals surface area (Å²) in [6.45, 7) is 0.925. The lowest BCUT2D eigenvalue weighted by Crippen LogP contribution is -2.11. The molecule has 0 saturated heterocycles. The monoisotopic (exact) mass is 374 g/mol. The number of hydrogen-bond acceptors (Lipinski definition) is 7. The standard InChI is InChI=1S/C20H22O7/c1-23-8-9-26-13-6-4-12(5-7-13)18(21)19-15-10-14(24-2)11-16(25-3)17(15)20(22)27-19/h4-7,10-11,18-19,21H,8-9H2,1-3H3. The van der Waals surface area contributed by atoms with Gasteiger partial charge in [0, 0.05) is 18.7 Å². The number of carbonyl (C=O) groups is 1. The maximum absolute atomic E-state index is 12.3. The average molecular weight is 374 g/mol. The van der Waals surface area contributed by atoms with Crippen molar-refractivity contribution in [3.63, 3.8) is 0 Å². The summed E-state index contributed by atoms with van der Waals surface area (Å²) in [6.07, 6.45) is -1.89. The van der Waals surface area contributed by atoms with Crippen LogP contribution >= 0.6 is 0 Å². The Hall–Kier alpha value is -2.77. The molecule has 144 valence electrons. The molecule has 7 nitrogen and oxygen atoms in total. The minimum atomic E-state index is -1.04. The third-order valence-corrected chi connectivity index (χ3v) is 4.37. The summed E-state index contributed by atoms with van der Waals surface area (Å²) in [7, 11) is 4.59. The smallest absolute Gasteiger partial charge is 0.343 e. The summed E-state index contributed by atoms with van der Waals surface area (Å²) >= 11 is 0. The van der Waals surface area contributed by atoms with Gasteiger partial charge in [-0.05, 0) is 23.8 Å². The molecule has 2 atom stereocenters. The van der Waals surface area contributed by atoms with Gasteiger partial charge in [-0.1, -0.05) is 12.1 Å². The summed E-state index contributed by atoms with van der Waals surface area (Å²) in [5.41, 5.74) is 1.44. The molecule has 0 aromatic heterocycles. The van der Waals surface area contributed by atoms with Crippen LogP contribution in [-0.4, -0.2) is 45.6 Å². The second kappa shape index (κ2) is 8.28. The molecule has 0 spiro atoms. The van der Waals surface area contributed by atoms with Gasteiger partial charge in [-0.15, -0.1) is 0 Å². The Bertz CT molecular complexity index is 801. The fraction of sp³-hybridized carbons (Fsp3) is 0.350. The summed E-state index contributed by atoms with van der Waals surface area (Å²) in [4.78, 5) is 12.3. The molecule has 0 amide bonds. The van der Waals surface area contributed by atoms with Gasteiger partial charge in [-0.25, -0.2) is 4.79 Å². The third kappa shape index (κ3) is 3.84. The van der Waals surface area contributed by atoms with Gasteiger partial charge in [-0.2, -0.15) is 0 Å². The highest BCUT2D eigenvalue weighted by atomic mass is 16.6. The van der Waals surface area contributed by atoms with Crippen LogP contribution in [0, 0.1) is 0 Å². The fourth-order valence-electron chi connectivity index (χ4n) is 2.98. The van der Waals surface area contributed by atoms with Crippen LogP contribution in [0.15, 0.2) is 36.4 Å². The Balaban J connectivity index is 1.85. The molecule has 0 bridgehead atoms. The van der Waals surface area contributed by atoms with E-state index in [2.05, 4.69) is 0 Å². The largest absolute Gasteiger partial charge is 0.497 e. The lowest BCUT2D eigenvalue weighted by Gasteiger charge is -2.19. The van der Waals surface area contributed by atoms with Crippen LogP contribution in [0.2, 0.25) is 0 Å². The zero-order valence-electron chi connectivity index (χ0n) is 15.4. The predicted octanol–water partition coefficient (Wildman–Crippen LogP) is 2.67. The van der Waals surface area contributed by atoms with Gasteiger partial charge in [0.05, 0.1) is 20.8 Å². The Morgan fingerprint density at radius 1 is 1.04 bits per heavy atom. The molecule has 27 heavy (non-hydrogen) atoms. The number of rotatable bonds is 8. The number of ether oxygens (including phenoxy) is 5. The van der Waals surface area contributed by atoms with Crippen molar-refractivity contribution >= 4 is 5.97 Å². The first-order valence-corrected chi connectivity index (χ1v) is 8.45. The number of carbonyl (C=O) groups excluding carboxylic acids is 1. The number of aliphatic hydroxyl groups excluding tert-OH is 1. The number of aliphatic hydroxyl groups is 1. The Morgan fingerprint density at radius 3 is 2.41 bits per heavy atom. The molecule has 3 rings (SSSR count). The first-order chi connectivity index (χ1) is 13.1. The van der Waals surface area contributed by atoms with Crippen LogP contribution < -0.4 is 14.2 Å². The number of fused-ring (bicyclic) bond motifs is 1. The van der Waals surface area contributed by atoms with Gasteiger partial charge in [0.2, 0.25) is 0 Å².